The number of carbonyl (C=O) groups is 1. The van der Waals surface area contributed by atoms with Gasteiger partial charge in [-0.05, 0) is 49.6 Å². The number of nitrogens with one attached hydrogen (secondary N) is 2. The van der Waals surface area contributed by atoms with Gasteiger partial charge in [0.15, 0.2) is 5.69 Å². The van der Waals surface area contributed by atoms with Crippen LogP contribution in [0.2, 0.25) is 0 Å². The van der Waals surface area contributed by atoms with Crippen LogP contribution in [0.5, 0.6) is 0 Å². The number of carbonyl (C=O) groups excluding carboxylic acids is 1. The van der Waals surface area contributed by atoms with Gasteiger partial charge in [-0.2, -0.15) is 0 Å². The van der Waals surface area contributed by atoms with E-state index in [2.05, 4.69) is 20.6 Å². The summed E-state index contributed by atoms with van der Waals surface area (Å²) in [4.78, 5) is 22.2. The van der Waals surface area contributed by atoms with Gasteiger partial charge in [0.1, 0.15) is 5.82 Å². The molecule has 5 nitrogen and oxygen atoms in total. The lowest BCUT2D eigenvalue weighted by Gasteiger charge is -2.25. The summed E-state index contributed by atoms with van der Waals surface area (Å²) in [6, 6.07) is 10.3. The summed E-state index contributed by atoms with van der Waals surface area (Å²) >= 11 is 0. The second-order valence-electron chi connectivity index (χ2n) is 7.61. The number of aryl methyl sites for hydroxylation is 1. The lowest BCUT2D eigenvalue weighted by atomic mass is 9.95. The Labute approximate surface area is 183 Å². The first kappa shape index (κ1) is 22.7. The van der Waals surface area contributed by atoms with Gasteiger partial charge in [-0.1, -0.05) is 45.2 Å². The second-order valence-corrected chi connectivity index (χ2v) is 7.61. The number of hydrogen-bond acceptors (Lipinski definition) is 4. The summed E-state index contributed by atoms with van der Waals surface area (Å²) in [5, 5.41) is 7.43. The number of pyridine rings is 2. The first-order valence-electron chi connectivity index (χ1n) is 11.2. The molecule has 6 heteroatoms. The molecule has 2 N–H and O–H groups in total. The quantitative estimate of drug-likeness (QED) is 0.547. The molecular weight excluding hydrogens is 391 g/mol. The van der Waals surface area contributed by atoms with E-state index in [0.717, 1.165) is 35.0 Å². The van der Waals surface area contributed by atoms with Crippen LogP contribution in [-0.4, -0.2) is 21.9 Å². The van der Waals surface area contributed by atoms with Crippen molar-refractivity contribution in [2.45, 2.75) is 65.5 Å². The Balaban J connectivity index is 0.00000132. The molecule has 1 fully saturated rings. The van der Waals surface area contributed by atoms with Crippen LogP contribution >= 0.6 is 0 Å². The summed E-state index contributed by atoms with van der Waals surface area (Å²) in [5.41, 5.74) is 3.44. The van der Waals surface area contributed by atoms with Crippen LogP contribution in [0.4, 0.5) is 10.1 Å². The van der Waals surface area contributed by atoms with E-state index in [-0.39, 0.29) is 11.7 Å². The molecule has 0 unspecified atom stereocenters. The fourth-order valence-corrected chi connectivity index (χ4v) is 3.91. The van der Waals surface area contributed by atoms with E-state index < -0.39 is 0 Å². The number of rotatable bonds is 5. The Morgan fingerprint density at radius 1 is 1.10 bits per heavy atom. The van der Waals surface area contributed by atoms with Gasteiger partial charge in [0.25, 0.3) is 5.91 Å². The molecule has 164 valence electrons. The van der Waals surface area contributed by atoms with Gasteiger partial charge in [-0.3, -0.25) is 9.78 Å². The van der Waals surface area contributed by atoms with Crippen LogP contribution in [0, 0.1) is 12.7 Å². The van der Waals surface area contributed by atoms with Crippen LogP contribution in [0.15, 0.2) is 42.6 Å². The Kier molecular flexibility index (Phi) is 7.93. The third kappa shape index (κ3) is 5.57. The molecule has 4 rings (SSSR count). The van der Waals surface area contributed by atoms with E-state index >= 15 is 0 Å². The number of halogens is 1. The largest absolute Gasteiger partial charge is 0.379 e. The highest BCUT2D eigenvalue weighted by atomic mass is 19.1. The summed E-state index contributed by atoms with van der Waals surface area (Å²) in [6.07, 6.45) is 7.54. The smallest absolute Gasteiger partial charge is 0.272 e. The molecule has 1 aliphatic rings. The number of hydrogen-bond donors (Lipinski definition) is 2. The SMILES string of the molecule is CC.Cc1nc(C(=O)NCc2ccc(F)cc2)c(NC2CCCCC2)c2ncccc12. The third-order valence-corrected chi connectivity index (χ3v) is 5.49. The van der Waals surface area contributed by atoms with Gasteiger partial charge in [0.05, 0.1) is 11.2 Å². The maximum atomic E-state index is 13.1. The van der Waals surface area contributed by atoms with E-state index in [4.69, 9.17) is 0 Å². The number of fused-ring (bicyclic) bond motifs is 1. The lowest BCUT2D eigenvalue weighted by molar-refractivity contribution is 0.0946. The monoisotopic (exact) mass is 422 g/mol. The molecule has 0 saturated heterocycles. The molecule has 1 aromatic carbocycles. The molecule has 1 aliphatic carbocycles. The average Bonchev–Trinajstić information content (AvgIpc) is 2.82. The zero-order valence-corrected chi connectivity index (χ0v) is 18.5. The van der Waals surface area contributed by atoms with Gasteiger partial charge in [0, 0.05) is 29.9 Å². The topological polar surface area (TPSA) is 66.9 Å². The Morgan fingerprint density at radius 2 is 1.81 bits per heavy atom. The van der Waals surface area contributed by atoms with E-state index in [1.54, 1.807) is 18.3 Å². The fraction of sp³-hybridized carbons (Fsp3) is 0.400. The number of amides is 1. The molecule has 0 radical (unpaired) electrons. The van der Waals surface area contributed by atoms with Crippen molar-refractivity contribution < 1.29 is 9.18 Å². The maximum absolute atomic E-state index is 13.1. The molecule has 2 heterocycles. The van der Waals surface area contributed by atoms with Crippen LogP contribution in [0.3, 0.4) is 0 Å². The van der Waals surface area contributed by atoms with Gasteiger partial charge >= 0.3 is 0 Å². The van der Waals surface area contributed by atoms with Crippen molar-refractivity contribution in [3.05, 3.63) is 65.4 Å². The Morgan fingerprint density at radius 3 is 2.52 bits per heavy atom. The van der Waals surface area contributed by atoms with E-state index in [1.807, 2.05) is 32.9 Å². The third-order valence-electron chi connectivity index (χ3n) is 5.49. The van der Waals surface area contributed by atoms with E-state index in [1.165, 1.54) is 31.4 Å². The first-order chi connectivity index (χ1) is 15.1. The molecular formula is C25H31FN4O. The number of anilines is 1. The van der Waals surface area contributed by atoms with Crippen molar-refractivity contribution in [2.75, 3.05) is 5.32 Å². The highest BCUT2D eigenvalue weighted by Crippen LogP contribution is 2.30. The minimum absolute atomic E-state index is 0.261. The zero-order valence-electron chi connectivity index (χ0n) is 18.5. The highest BCUT2D eigenvalue weighted by molar-refractivity contribution is 6.05. The molecule has 1 saturated carbocycles. The number of benzene rings is 1. The summed E-state index contributed by atoms with van der Waals surface area (Å²) < 4.78 is 13.1. The van der Waals surface area contributed by atoms with Gasteiger partial charge < -0.3 is 10.6 Å². The van der Waals surface area contributed by atoms with Crippen LogP contribution in [0.25, 0.3) is 10.9 Å². The second kappa shape index (κ2) is 10.8. The minimum Gasteiger partial charge on any atom is -0.379 e. The van der Waals surface area contributed by atoms with Crippen LogP contribution < -0.4 is 10.6 Å². The number of nitrogens with zero attached hydrogens (tertiary/aromatic N) is 2. The van der Waals surface area contributed by atoms with Crippen LogP contribution in [-0.2, 0) is 6.54 Å². The van der Waals surface area contributed by atoms with Crippen molar-refractivity contribution in [2.24, 2.45) is 0 Å². The molecule has 3 aromatic rings. The first-order valence-corrected chi connectivity index (χ1v) is 11.2. The van der Waals surface area contributed by atoms with Crippen molar-refractivity contribution in [3.63, 3.8) is 0 Å². The standard InChI is InChI=1S/C23H25FN4O.C2H6/c1-15-19-8-5-13-25-20(19)21(28-18-6-3-2-4-7-18)22(27-15)23(29)26-14-16-9-11-17(24)12-10-16;1-2/h5,8-13,18,28H,2-4,6-7,14H2,1H3,(H,26,29);1-2H3. The Hall–Kier alpha value is -3.02. The van der Waals surface area contributed by atoms with E-state index in [9.17, 15) is 9.18 Å². The molecule has 0 atom stereocenters. The highest BCUT2D eigenvalue weighted by Gasteiger charge is 2.22. The normalized spacial score (nSPS) is 13.9. The summed E-state index contributed by atoms with van der Waals surface area (Å²) in [6.45, 7) is 6.20. The lowest BCUT2D eigenvalue weighted by Crippen LogP contribution is -2.28. The van der Waals surface area contributed by atoms with Gasteiger partial charge in [-0.15, -0.1) is 0 Å². The molecule has 0 spiro atoms. The van der Waals surface area contributed by atoms with Gasteiger partial charge in [-0.25, -0.2) is 9.37 Å². The summed E-state index contributed by atoms with van der Waals surface area (Å²) in [5.74, 6) is -0.555. The van der Waals surface area contributed by atoms with Crippen molar-refractivity contribution in [1.29, 1.82) is 0 Å². The van der Waals surface area contributed by atoms with Crippen LogP contribution in [0.1, 0.15) is 67.7 Å². The molecule has 0 bridgehead atoms. The van der Waals surface area contributed by atoms with Crippen molar-refractivity contribution in [3.8, 4) is 0 Å². The molecule has 1 amide bonds. The molecule has 31 heavy (non-hydrogen) atoms. The maximum Gasteiger partial charge on any atom is 0.272 e. The average molecular weight is 423 g/mol. The molecule has 0 aliphatic heterocycles. The molecule has 2 aromatic heterocycles. The van der Waals surface area contributed by atoms with Crippen molar-refractivity contribution in [1.82, 2.24) is 15.3 Å². The zero-order chi connectivity index (χ0) is 22.2. The van der Waals surface area contributed by atoms with E-state index in [0.29, 0.717) is 24.0 Å². The summed E-state index contributed by atoms with van der Waals surface area (Å²) in [7, 11) is 0. The fourth-order valence-electron chi connectivity index (χ4n) is 3.91. The predicted molar refractivity (Wildman–Crippen MR) is 124 cm³/mol. The Bertz CT molecular complexity index is 1010. The van der Waals surface area contributed by atoms with Gasteiger partial charge in [0.2, 0.25) is 0 Å². The number of aromatic nitrogens is 2. The van der Waals surface area contributed by atoms with Crippen molar-refractivity contribution >= 4 is 22.5 Å². The predicted octanol–water partition coefficient (Wildman–Crippen LogP) is 5.78. The minimum atomic E-state index is -0.295.